The van der Waals surface area contributed by atoms with Crippen LogP contribution in [0.5, 0.6) is 5.75 Å². The molecule has 2 aromatic rings. The normalized spacial score (nSPS) is 15.9. The van der Waals surface area contributed by atoms with E-state index in [0.717, 1.165) is 11.4 Å². The fourth-order valence-corrected chi connectivity index (χ4v) is 2.73. The Bertz CT molecular complexity index is 587. The third-order valence-electron chi connectivity index (χ3n) is 3.89. The molecule has 1 aliphatic rings. The lowest BCUT2D eigenvalue weighted by atomic mass is 9.96. The zero-order chi connectivity index (χ0) is 14.7. The molecule has 0 spiro atoms. The minimum atomic E-state index is 0.387. The van der Waals surface area contributed by atoms with Crippen LogP contribution in [0, 0.1) is 0 Å². The average Bonchev–Trinajstić information content (AvgIpc) is 2.89. The van der Waals surface area contributed by atoms with Crippen molar-refractivity contribution in [1.82, 2.24) is 14.8 Å². The maximum Gasteiger partial charge on any atom is 0.244 e. The van der Waals surface area contributed by atoms with E-state index in [0.29, 0.717) is 17.9 Å². The van der Waals surface area contributed by atoms with E-state index in [9.17, 15) is 0 Å². The van der Waals surface area contributed by atoms with Gasteiger partial charge in [0.1, 0.15) is 5.75 Å². The lowest BCUT2D eigenvalue weighted by molar-refractivity contribution is 0.414. The molecule has 1 heterocycles. The van der Waals surface area contributed by atoms with Gasteiger partial charge in [-0.05, 0) is 37.1 Å². The highest BCUT2D eigenvalue weighted by Crippen LogP contribution is 2.22. The van der Waals surface area contributed by atoms with Crippen molar-refractivity contribution in [3.8, 4) is 11.4 Å². The van der Waals surface area contributed by atoms with Crippen molar-refractivity contribution in [3.05, 3.63) is 24.3 Å². The van der Waals surface area contributed by atoms with E-state index >= 15 is 0 Å². The lowest BCUT2D eigenvalue weighted by Gasteiger charge is -2.21. The van der Waals surface area contributed by atoms with Crippen LogP contribution in [-0.2, 0) is 0 Å². The quantitative estimate of drug-likeness (QED) is 0.903. The highest BCUT2D eigenvalue weighted by molar-refractivity contribution is 5.44. The monoisotopic (exact) mass is 287 g/mol. The van der Waals surface area contributed by atoms with Gasteiger partial charge in [0.25, 0.3) is 0 Å². The molecule has 1 aromatic heterocycles. The third-order valence-corrected chi connectivity index (χ3v) is 3.89. The number of hydrogen-bond acceptors (Lipinski definition) is 5. The summed E-state index contributed by atoms with van der Waals surface area (Å²) >= 11 is 0. The number of nitrogen functional groups attached to an aromatic ring is 1. The van der Waals surface area contributed by atoms with Crippen molar-refractivity contribution in [3.63, 3.8) is 0 Å². The topological polar surface area (TPSA) is 78.0 Å². The van der Waals surface area contributed by atoms with E-state index in [1.54, 1.807) is 11.8 Å². The summed E-state index contributed by atoms with van der Waals surface area (Å²) in [6.07, 6.45) is 6.22. The summed E-state index contributed by atoms with van der Waals surface area (Å²) in [6.45, 7) is 0. The van der Waals surface area contributed by atoms with Crippen LogP contribution in [0.4, 0.5) is 11.9 Å². The van der Waals surface area contributed by atoms with Crippen LogP contribution in [-0.4, -0.2) is 27.9 Å². The molecule has 0 bridgehead atoms. The molecule has 3 rings (SSSR count). The second-order valence-electron chi connectivity index (χ2n) is 5.38. The SMILES string of the molecule is COc1ccc(-n2nc(NC3CCCCC3)nc2N)cc1. The maximum absolute atomic E-state index is 5.97. The Morgan fingerprint density at radius 3 is 2.57 bits per heavy atom. The van der Waals surface area contributed by atoms with E-state index in [4.69, 9.17) is 10.5 Å². The Morgan fingerprint density at radius 1 is 1.19 bits per heavy atom. The van der Waals surface area contributed by atoms with E-state index in [-0.39, 0.29) is 0 Å². The molecule has 3 N–H and O–H groups in total. The number of methoxy groups -OCH3 is 1. The molecule has 112 valence electrons. The van der Waals surface area contributed by atoms with Crippen LogP contribution in [0.1, 0.15) is 32.1 Å². The molecule has 0 unspecified atom stereocenters. The second kappa shape index (κ2) is 6.03. The van der Waals surface area contributed by atoms with Gasteiger partial charge in [0.15, 0.2) is 0 Å². The van der Waals surface area contributed by atoms with Crippen LogP contribution in [0.25, 0.3) is 5.69 Å². The zero-order valence-electron chi connectivity index (χ0n) is 12.2. The summed E-state index contributed by atoms with van der Waals surface area (Å²) in [6, 6.07) is 8.04. The molecule has 0 saturated heterocycles. The smallest absolute Gasteiger partial charge is 0.244 e. The molecular weight excluding hydrogens is 266 g/mol. The van der Waals surface area contributed by atoms with Crippen molar-refractivity contribution < 1.29 is 4.74 Å². The number of nitrogens with one attached hydrogen (secondary N) is 1. The van der Waals surface area contributed by atoms with Crippen LogP contribution in [0.3, 0.4) is 0 Å². The highest BCUT2D eigenvalue weighted by Gasteiger charge is 2.16. The number of nitrogens with two attached hydrogens (primary N) is 1. The van der Waals surface area contributed by atoms with Gasteiger partial charge in [0.05, 0.1) is 12.8 Å². The number of aromatic nitrogens is 3. The fourth-order valence-electron chi connectivity index (χ4n) is 2.73. The van der Waals surface area contributed by atoms with Gasteiger partial charge in [-0.25, -0.2) is 0 Å². The standard InChI is InChI=1S/C15H21N5O/c1-21-13-9-7-12(8-10-13)20-14(16)18-15(19-20)17-11-5-3-2-4-6-11/h7-11H,2-6H2,1H3,(H3,16,17,18,19). The van der Waals surface area contributed by atoms with Gasteiger partial charge < -0.3 is 15.8 Å². The van der Waals surface area contributed by atoms with Gasteiger partial charge in [0, 0.05) is 6.04 Å². The Morgan fingerprint density at radius 2 is 1.90 bits per heavy atom. The molecule has 1 aromatic carbocycles. The fraction of sp³-hybridized carbons (Fsp3) is 0.467. The summed E-state index contributed by atoms with van der Waals surface area (Å²) in [5, 5.41) is 7.84. The summed E-state index contributed by atoms with van der Waals surface area (Å²) in [7, 11) is 1.64. The molecule has 1 aliphatic carbocycles. The first-order valence-electron chi connectivity index (χ1n) is 7.40. The molecule has 0 atom stereocenters. The van der Waals surface area contributed by atoms with Crippen LogP contribution >= 0.6 is 0 Å². The van der Waals surface area contributed by atoms with Crippen molar-refractivity contribution in [1.29, 1.82) is 0 Å². The van der Waals surface area contributed by atoms with Gasteiger partial charge in [-0.15, -0.1) is 5.10 Å². The number of hydrogen-bond donors (Lipinski definition) is 2. The van der Waals surface area contributed by atoms with Crippen LogP contribution in [0.15, 0.2) is 24.3 Å². The largest absolute Gasteiger partial charge is 0.497 e. The minimum Gasteiger partial charge on any atom is -0.497 e. The molecule has 6 heteroatoms. The van der Waals surface area contributed by atoms with Crippen LogP contribution in [0.2, 0.25) is 0 Å². The van der Waals surface area contributed by atoms with Crippen molar-refractivity contribution >= 4 is 11.9 Å². The number of anilines is 2. The van der Waals surface area contributed by atoms with Crippen molar-refractivity contribution in [2.75, 3.05) is 18.2 Å². The maximum atomic E-state index is 5.97. The molecule has 6 nitrogen and oxygen atoms in total. The molecule has 21 heavy (non-hydrogen) atoms. The molecule has 1 saturated carbocycles. The van der Waals surface area contributed by atoms with Gasteiger partial charge >= 0.3 is 0 Å². The predicted octanol–water partition coefficient (Wildman–Crippen LogP) is 2.60. The molecule has 0 amide bonds. The highest BCUT2D eigenvalue weighted by atomic mass is 16.5. The number of rotatable bonds is 4. The Hall–Kier alpha value is -2.24. The van der Waals surface area contributed by atoms with E-state index in [1.807, 2.05) is 24.3 Å². The lowest BCUT2D eigenvalue weighted by Crippen LogP contribution is -2.22. The zero-order valence-corrected chi connectivity index (χ0v) is 12.2. The van der Waals surface area contributed by atoms with Crippen molar-refractivity contribution in [2.45, 2.75) is 38.1 Å². The molecule has 0 aliphatic heterocycles. The Labute approximate surface area is 124 Å². The summed E-state index contributed by atoms with van der Waals surface area (Å²) in [4.78, 5) is 4.31. The summed E-state index contributed by atoms with van der Waals surface area (Å²) in [5.41, 5.74) is 6.84. The van der Waals surface area contributed by atoms with E-state index < -0.39 is 0 Å². The number of ether oxygens (including phenoxy) is 1. The van der Waals surface area contributed by atoms with Gasteiger partial charge in [-0.3, -0.25) is 0 Å². The van der Waals surface area contributed by atoms with Gasteiger partial charge in [0.2, 0.25) is 11.9 Å². The average molecular weight is 287 g/mol. The molecule has 0 radical (unpaired) electrons. The van der Waals surface area contributed by atoms with Gasteiger partial charge in [-0.1, -0.05) is 19.3 Å². The number of nitrogens with zero attached hydrogens (tertiary/aromatic N) is 3. The minimum absolute atomic E-state index is 0.387. The second-order valence-corrected chi connectivity index (χ2v) is 5.38. The Kier molecular flexibility index (Phi) is 3.94. The Balaban J connectivity index is 1.76. The first-order valence-corrected chi connectivity index (χ1v) is 7.40. The summed E-state index contributed by atoms with van der Waals surface area (Å²) in [5.74, 6) is 1.80. The van der Waals surface area contributed by atoms with E-state index in [2.05, 4.69) is 15.4 Å². The first-order chi connectivity index (χ1) is 10.3. The van der Waals surface area contributed by atoms with Crippen LogP contribution < -0.4 is 15.8 Å². The summed E-state index contributed by atoms with van der Waals surface area (Å²) < 4.78 is 6.80. The molecular formula is C15H21N5O. The predicted molar refractivity (Wildman–Crippen MR) is 82.8 cm³/mol. The third kappa shape index (κ3) is 3.09. The number of benzene rings is 1. The molecule has 1 fully saturated rings. The van der Waals surface area contributed by atoms with E-state index in [1.165, 1.54) is 32.1 Å². The van der Waals surface area contributed by atoms with Crippen molar-refractivity contribution in [2.24, 2.45) is 0 Å². The van der Waals surface area contributed by atoms with Gasteiger partial charge in [-0.2, -0.15) is 9.67 Å². The first kappa shape index (κ1) is 13.7.